The van der Waals surface area contributed by atoms with Gasteiger partial charge in [0.2, 0.25) is 6.54 Å². The Bertz CT molecular complexity index is 370. The van der Waals surface area contributed by atoms with E-state index >= 15 is 0 Å². The molecular formula is C9H11ClN2O3S. The van der Waals surface area contributed by atoms with Crippen LogP contribution in [0.5, 0.6) is 0 Å². The molecule has 88 valence electrons. The van der Waals surface area contributed by atoms with E-state index in [4.69, 9.17) is 10.8 Å². The highest BCUT2D eigenvalue weighted by Gasteiger charge is 2.05. The lowest BCUT2D eigenvalue weighted by Crippen LogP contribution is -3.00. The van der Waals surface area contributed by atoms with E-state index in [2.05, 4.69) is 0 Å². The van der Waals surface area contributed by atoms with E-state index in [0.717, 1.165) is 4.90 Å². The predicted molar refractivity (Wildman–Crippen MR) is 54.2 cm³/mol. The second kappa shape index (κ2) is 7.08. The van der Waals surface area contributed by atoms with Gasteiger partial charge in [0.05, 0.1) is 5.75 Å². The first-order valence-electron chi connectivity index (χ1n) is 4.20. The van der Waals surface area contributed by atoms with E-state index in [1.54, 1.807) is 29.1 Å². The number of thioether (sulfide) groups is 1. The molecule has 16 heavy (non-hydrogen) atoms. The Labute approximate surface area is 103 Å². The summed E-state index contributed by atoms with van der Waals surface area (Å²) < 4.78 is 1.63. The molecule has 0 radical (unpaired) electrons. The third-order valence-electron chi connectivity index (χ3n) is 1.56. The average molecular weight is 263 g/mol. The van der Waals surface area contributed by atoms with Crippen LogP contribution in [0.4, 0.5) is 0 Å². The van der Waals surface area contributed by atoms with E-state index in [1.165, 1.54) is 11.8 Å². The van der Waals surface area contributed by atoms with Gasteiger partial charge in [-0.2, -0.15) is 4.57 Å². The van der Waals surface area contributed by atoms with Gasteiger partial charge in [-0.25, -0.2) is 0 Å². The van der Waals surface area contributed by atoms with Crippen molar-refractivity contribution in [3.63, 3.8) is 0 Å². The number of primary amides is 1. The van der Waals surface area contributed by atoms with Crippen LogP contribution >= 0.6 is 11.8 Å². The number of nitrogens with zero attached hydrogens (tertiary/aromatic N) is 1. The maximum atomic E-state index is 10.6. The molecule has 0 bridgehead atoms. The fraction of sp³-hybridized carbons (Fsp3) is 0.222. The number of aromatic nitrogens is 1. The first kappa shape index (κ1) is 14.7. The number of carbonyl (C=O) groups is 2. The average Bonchev–Trinajstić information content (AvgIpc) is 2.16. The van der Waals surface area contributed by atoms with Crippen molar-refractivity contribution in [3.05, 3.63) is 24.5 Å². The van der Waals surface area contributed by atoms with Gasteiger partial charge in [0.25, 0.3) is 5.91 Å². The molecule has 5 nitrogen and oxygen atoms in total. The maximum Gasteiger partial charge on any atom is 0.313 e. The van der Waals surface area contributed by atoms with E-state index in [1.807, 2.05) is 0 Å². The van der Waals surface area contributed by atoms with Gasteiger partial charge < -0.3 is 23.2 Å². The summed E-state index contributed by atoms with van der Waals surface area (Å²) in [5, 5.41) is 8.46. The number of carboxylic acids is 1. The standard InChI is InChI=1S/C9H10N2O3S.ClH/c10-8(12)5-11-3-1-7(2-4-11)15-6-9(13)14;/h1-4H,5-6H2,(H2-,10,12,13,14);1H. The second-order valence-electron chi connectivity index (χ2n) is 2.85. The zero-order chi connectivity index (χ0) is 11.3. The van der Waals surface area contributed by atoms with Crippen molar-refractivity contribution < 1.29 is 31.7 Å². The largest absolute Gasteiger partial charge is 1.00 e. The lowest BCUT2D eigenvalue weighted by atomic mass is 10.4. The molecule has 0 saturated heterocycles. The van der Waals surface area contributed by atoms with Crippen LogP contribution in [0.25, 0.3) is 0 Å². The Morgan fingerprint density at radius 3 is 2.38 bits per heavy atom. The molecule has 0 saturated carbocycles. The minimum Gasteiger partial charge on any atom is -1.00 e. The molecule has 0 unspecified atom stereocenters. The van der Waals surface area contributed by atoms with E-state index in [9.17, 15) is 9.59 Å². The first-order valence-corrected chi connectivity index (χ1v) is 5.18. The molecule has 1 rings (SSSR count). The van der Waals surface area contributed by atoms with Gasteiger partial charge in [-0.3, -0.25) is 9.59 Å². The summed E-state index contributed by atoms with van der Waals surface area (Å²) in [6.45, 7) is 0.129. The van der Waals surface area contributed by atoms with Crippen LogP contribution in [0.1, 0.15) is 0 Å². The number of aliphatic carboxylic acids is 1. The molecule has 0 spiro atoms. The Kier molecular flexibility index (Phi) is 6.52. The lowest BCUT2D eigenvalue weighted by molar-refractivity contribution is -0.684. The predicted octanol–water partition coefficient (Wildman–Crippen LogP) is -3.36. The SMILES string of the molecule is NC(=O)C[n+]1ccc(SCC(=O)O)cc1.[Cl-]. The van der Waals surface area contributed by atoms with Crippen molar-refractivity contribution in [2.45, 2.75) is 11.4 Å². The van der Waals surface area contributed by atoms with Crippen LogP contribution in [0.3, 0.4) is 0 Å². The van der Waals surface area contributed by atoms with Crippen LogP contribution in [0, 0.1) is 0 Å². The molecule has 0 aromatic carbocycles. The molecule has 0 atom stereocenters. The number of carboxylic acid groups (broad SMARTS) is 1. The molecule has 3 N–H and O–H groups in total. The maximum absolute atomic E-state index is 10.6. The highest BCUT2D eigenvalue weighted by atomic mass is 35.5. The van der Waals surface area contributed by atoms with Crippen molar-refractivity contribution >= 4 is 23.6 Å². The Balaban J connectivity index is 0.00000225. The van der Waals surface area contributed by atoms with E-state index in [0.29, 0.717) is 0 Å². The van der Waals surface area contributed by atoms with Crippen molar-refractivity contribution in [2.24, 2.45) is 5.73 Å². The van der Waals surface area contributed by atoms with Gasteiger partial charge in [-0.15, -0.1) is 11.8 Å². The topological polar surface area (TPSA) is 84.3 Å². The summed E-state index contributed by atoms with van der Waals surface area (Å²) in [7, 11) is 0. The third-order valence-corrected chi connectivity index (χ3v) is 2.56. The molecule has 1 aromatic heterocycles. The molecule has 0 aliphatic rings. The molecular weight excluding hydrogens is 252 g/mol. The number of hydrogen-bond acceptors (Lipinski definition) is 3. The van der Waals surface area contributed by atoms with Crippen LogP contribution in [-0.4, -0.2) is 22.7 Å². The summed E-state index contributed by atoms with van der Waals surface area (Å²) in [4.78, 5) is 21.7. The summed E-state index contributed by atoms with van der Waals surface area (Å²) >= 11 is 1.23. The molecule has 1 aromatic rings. The zero-order valence-electron chi connectivity index (χ0n) is 8.30. The lowest BCUT2D eigenvalue weighted by Gasteiger charge is -1.97. The van der Waals surface area contributed by atoms with Gasteiger partial charge in [-0.1, -0.05) is 0 Å². The molecule has 0 aliphatic heterocycles. The first-order chi connectivity index (χ1) is 7.08. The highest BCUT2D eigenvalue weighted by Crippen LogP contribution is 2.14. The van der Waals surface area contributed by atoms with E-state index in [-0.39, 0.29) is 24.7 Å². The van der Waals surface area contributed by atoms with Crippen LogP contribution in [-0.2, 0) is 16.1 Å². The fourth-order valence-corrected chi connectivity index (χ4v) is 1.57. The molecule has 1 amide bonds. The number of carbonyl (C=O) groups excluding carboxylic acids is 1. The Morgan fingerprint density at radius 2 is 1.94 bits per heavy atom. The molecule has 7 heteroatoms. The van der Waals surface area contributed by atoms with Crippen molar-refractivity contribution in [1.82, 2.24) is 0 Å². The number of nitrogens with two attached hydrogens (primary N) is 1. The number of rotatable bonds is 5. The van der Waals surface area contributed by atoms with Crippen molar-refractivity contribution in [1.29, 1.82) is 0 Å². The molecule has 1 heterocycles. The Hall–Kier alpha value is -1.27. The fourth-order valence-electron chi connectivity index (χ4n) is 0.970. The minimum atomic E-state index is -0.853. The number of amides is 1. The van der Waals surface area contributed by atoms with Crippen LogP contribution < -0.4 is 22.7 Å². The zero-order valence-corrected chi connectivity index (χ0v) is 9.87. The summed E-state index contributed by atoms with van der Waals surface area (Å²) in [6.07, 6.45) is 3.38. The summed E-state index contributed by atoms with van der Waals surface area (Å²) in [6, 6.07) is 3.49. The Morgan fingerprint density at radius 1 is 1.38 bits per heavy atom. The second-order valence-corrected chi connectivity index (χ2v) is 3.90. The normalized spacial score (nSPS) is 9.25. The highest BCUT2D eigenvalue weighted by molar-refractivity contribution is 8.00. The van der Waals surface area contributed by atoms with Gasteiger partial charge >= 0.3 is 5.97 Å². The number of halogens is 1. The van der Waals surface area contributed by atoms with Gasteiger partial charge in [0.15, 0.2) is 12.4 Å². The quantitative estimate of drug-likeness (QED) is 0.429. The molecule has 0 fully saturated rings. The van der Waals surface area contributed by atoms with Crippen LogP contribution in [0.15, 0.2) is 29.4 Å². The molecule has 0 aliphatic carbocycles. The van der Waals surface area contributed by atoms with Crippen molar-refractivity contribution in [2.75, 3.05) is 5.75 Å². The summed E-state index contributed by atoms with van der Waals surface area (Å²) in [5.74, 6) is -1.24. The van der Waals surface area contributed by atoms with E-state index < -0.39 is 11.9 Å². The van der Waals surface area contributed by atoms with Gasteiger partial charge in [0.1, 0.15) is 0 Å². The van der Waals surface area contributed by atoms with Crippen molar-refractivity contribution in [3.8, 4) is 0 Å². The van der Waals surface area contributed by atoms with Crippen LogP contribution in [0.2, 0.25) is 0 Å². The number of hydrogen-bond donors (Lipinski definition) is 2. The smallest absolute Gasteiger partial charge is 0.313 e. The summed E-state index contributed by atoms with van der Waals surface area (Å²) in [5.41, 5.74) is 5.02. The van der Waals surface area contributed by atoms with Gasteiger partial charge in [-0.05, 0) is 0 Å². The van der Waals surface area contributed by atoms with Gasteiger partial charge in [0, 0.05) is 17.0 Å². The minimum absolute atomic E-state index is 0. The number of pyridine rings is 1. The third kappa shape index (κ3) is 5.57. The monoisotopic (exact) mass is 262 g/mol.